The number of anilines is 1. The van der Waals surface area contributed by atoms with Crippen molar-refractivity contribution < 1.29 is 4.79 Å². The third-order valence-electron chi connectivity index (χ3n) is 4.67. The Morgan fingerprint density at radius 2 is 2.00 bits per heavy atom. The highest BCUT2D eigenvalue weighted by Crippen LogP contribution is 2.28. The topological polar surface area (TPSA) is 59.3 Å². The van der Waals surface area contributed by atoms with Gasteiger partial charge in [-0.15, -0.1) is 16.4 Å². The van der Waals surface area contributed by atoms with E-state index in [1.54, 1.807) is 4.52 Å². The zero-order chi connectivity index (χ0) is 17.2. The van der Waals surface area contributed by atoms with Crippen molar-refractivity contribution in [1.29, 1.82) is 0 Å². The zero-order valence-corrected chi connectivity index (χ0v) is 15.3. The van der Waals surface area contributed by atoms with Gasteiger partial charge in [-0.05, 0) is 30.9 Å². The summed E-state index contributed by atoms with van der Waals surface area (Å²) in [7, 11) is 0. The first-order valence-corrected chi connectivity index (χ1v) is 9.85. The van der Waals surface area contributed by atoms with Gasteiger partial charge < -0.3 is 0 Å². The molecule has 0 atom stereocenters. The van der Waals surface area contributed by atoms with Crippen LogP contribution in [0.1, 0.15) is 38.5 Å². The summed E-state index contributed by atoms with van der Waals surface area (Å²) in [6.07, 6.45) is 6.64. The molecule has 0 spiro atoms. The number of carbonyl (C=O) groups excluding carboxylic acids is 1. The Labute approximate surface area is 155 Å². The average molecular weight is 375 g/mol. The van der Waals surface area contributed by atoms with Gasteiger partial charge in [0.2, 0.25) is 16.8 Å². The van der Waals surface area contributed by atoms with Crippen molar-refractivity contribution in [2.75, 3.05) is 5.32 Å². The molecule has 0 radical (unpaired) electrons. The van der Waals surface area contributed by atoms with E-state index < -0.39 is 0 Å². The van der Waals surface area contributed by atoms with E-state index in [4.69, 9.17) is 11.6 Å². The van der Waals surface area contributed by atoms with Gasteiger partial charge in [-0.25, -0.2) is 4.52 Å². The van der Waals surface area contributed by atoms with Crippen LogP contribution in [0.2, 0.25) is 5.02 Å². The van der Waals surface area contributed by atoms with E-state index in [1.165, 1.54) is 30.6 Å². The van der Waals surface area contributed by atoms with Crippen molar-refractivity contribution >= 4 is 39.8 Å². The lowest BCUT2D eigenvalue weighted by Crippen LogP contribution is -2.19. The van der Waals surface area contributed by atoms with Crippen LogP contribution in [0.25, 0.3) is 16.2 Å². The Kier molecular flexibility index (Phi) is 4.72. The molecule has 2 heterocycles. The number of carbonyl (C=O) groups is 1. The molecule has 3 aromatic rings. The van der Waals surface area contributed by atoms with Crippen molar-refractivity contribution in [2.24, 2.45) is 5.92 Å². The standard InChI is InChI=1S/C18H19ClN4OS/c19-14-8-6-13(7-9-14)15-11-25-18-21-17(22-23(15)18)20-16(24)10-12-4-2-1-3-5-12/h6-9,11-12H,1-5,10H2,(H,20,22,24). The van der Waals surface area contributed by atoms with Gasteiger partial charge in [0, 0.05) is 22.4 Å². The molecule has 1 amide bonds. The van der Waals surface area contributed by atoms with Crippen molar-refractivity contribution in [3.8, 4) is 11.3 Å². The summed E-state index contributed by atoms with van der Waals surface area (Å²) in [5.74, 6) is 0.892. The van der Waals surface area contributed by atoms with Crippen LogP contribution in [0.5, 0.6) is 0 Å². The molecule has 1 aliphatic rings. The molecule has 0 bridgehead atoms. The molecule has 1 aliphatic carbocycles. The van der Waals surface area contributed by atoms with Gasteiger partial charge in [-0.1, -0.05) is 43.0 Å². The zero-order valence-electron chi connectivity index (χ0n) is 13.7. The van der Waals surface area contributed by atoms with Gasteiger partial charge in [0.15, 0.2) is 0 Å². The van der Waals surface area contributed by atoms with Gasteiger partial charge in [0.25, 0.3) is 0 Å². The summed E-state index contributed by atoms with van der Waals surface area (Å²) >= 11 is 7.45. The van der Waals surface area contributed by atoms with Crippen LogP contribution in [-0.2, 0) is 4.79 Å². The lowest BCUT2D eigenvalue weighted by Gasteiger charge is -2.20. The highest BCUT2D eigenvalue weighted by Gasteiger charge is 2.19. The summed E-state index contributed by atoms with van der Waals surface area (Å²) in [4.78, 5) is 17.4. The Morgan fingerprint density at radius 3 is 2.76 bits per heavy atom. The smallest absolute Gasteiger partial charge is 0.250 e. The van der Waals surface area contributed by atoms with E-state index >= 15 is 0 Å². The monoisotopic (exact) mass is 374 g/mol. The van der Waals surface area contributed by atoms with Gasteiger partial charge in [0.1, 0.15) is 0 Å². The minimum atomic E-state index is 0.0122. The maximum atomic E-state index is 12.3. The van der Waals surface area contributed by atoms with Crippen LogP contribution in [-0.4, -0.2) is 20.5 Å². The number of rotatable bonds is 4. The molecule has 2 aromatic heterocycles. The maximum absolute atomic E-state index is 12.3. The molecule has 1 saturated carbocycles. The van der Waals surface area contributed by atoms with E-state index in [0.717, 1.165) is 29.1 Å². The number of halogens is 1. The van der Waals surface area contributed by atoms with Gasteiger partial charge >= 0.3 is 0 Å². The maximum Gasteiger partial charge on any atom is 0.250 e. The Balaban J connectivity index is 1.49. The van der Waals surface area contributed by atoms with Crippen LogP contribution >= 0.6 is 22.9 Å². The molecule has 0 saturated heterocycles. The molecule has 130 valence electrons. The van der Waals surface area contributed by atoms with Gasteiger partial charge in [-0.2, -0.15) is 4.98 Å². The SMILES string of the molecule is O=C(CC1CCCCC1)Nc1nc2scc(-c3ccc(Cl)cc3)n2n1. The van der Waals surface area contributed by atoms with Crippen LogP contribution in [0.15, 0.2) is 29.6 Å². The molecule has 1 aromatic carbocycles. The van der Waals surface area contributed by atoms with Crippen LogP contribution in [0, 0.1) is 5.92 Å². The number of hydrogen-bond acceptors (Lipinski definition) is 4. The number of aromatic nitrogens is 3. The summed E-state index contributed by atoms with van der Waals surface area (Å²) in [5, 5.41) is 10.0. The molecule has 25 heavy (non-hydrogen) atoms. The van der Waals surface area contributed by atoms with E-state index in [-0.39, 0.29) is 5.91 Å². The first-order valence-electron chi connectivity index (χ1n) is 8.59. The predicted octanol–water partition coefficient (Wildman–Crippen LogP) is 5.02. The van der Waals surface area contributed by atoms with Crippen molar-refractivity contribution in [3.05, 3.63) is 34.7 Å². The van der Waals surface area contributed by atoms with E-state index in [9.17, 15) is 4.79 Å². The Hall–Kier alpha value is -1.92. The summed E-state index contributed by atoms with van der Waals surface area (Å²) in [5.41, 5.74) is 1.96. The molecular weight excluding hydrogens is 356 g/mol. The van der Waals surface area contributed by atoms with Crippen molar-refractivity contribution in [1.82, 2.24) is 14.6 Å². The van der Waals surface area contributed by atoms with Crippen molar-refractivity contribution in [2.45, 2.75) is 38.5 Å². The fourth-order valence-corrected chi connectivity index (χ4v) is 4.34. The quantitative estimate of drug-likeness (QED) is 0.697. The van der Waals surface area contributed by atoms with E-state index in [2.05, 4.69) is 15.4 Å². The van der Waals surface area contributed by atoms with Gasteiger partial charge in [-0.3, -0.25) is 10.1 Å². The number of thiazole rings is 1. The lowest BCUT2D eigenvalue weighted by atomic mass is 9.87. The van der Waals surface area contributed by atoms with Crippen LogP contribution < -0.4 is 5.32 Å². The molecule has 7 heteroatoms. The van der Waals surface area contributed by atoms with E-state index in [1.807, 2.05) is 29.6 Å². The first kappa shape index (κ1) is 16.5. The fourth-order valence-electron chi connectivity index (χ4n) is 3.38. The van der Waals surface area contributed by atoms with Gasteiger partial charge in [0.05, 0.1) is 5.69 Å². The number of amides is 1. The molecule has 4 rings (SSSR count). The predicted molar refractivity (Wildman–Crippen MR) is 101 cm³/mol. The average Bonchev–Trinajstić information content (AvgIpc) is 3.16. The third-order valence-corrected chi connectivity index (χ3v) is 5.74. The Bertz CT molecular complexity index is 880. The van der Waals surface area contributed by atoms with Crippen LogP contribution in [0.4, 0.5) is 5.95 Å². The molecule has 5 nitrogen and oxygen atoms in total. The molecule has 0 unspecified atom stereocenters. The lowest BCUT2D eigenvalue weighted by molar-refractivity contribution is -0.117. The third kappa shape index (κ3) is 3.70. The molecule has 1 N–H and O–H groups in total. The second-order valence-corrected chi connectivity index (χ2v) is 7.79. The summed E-state index contributed by atoms with van der Waals surface area (Å²) in [6.45, 7) is 0. The summed E-state index contributed by atoms with van der Waals surface area (Å²) in [6, 6.07) is 7.61. The molecule has 1 fully saturated rings. The summed E-state index contributed by atoms with van der Waals surface area (Å²) < 4.78 is 1.77. The normalized spacial score (nSPS) is 15.6. The van der Waals surface area contributed by atoms with Crippen LogP contribution in [0.3, 0.4) is 0 Å². The second kappa shape index (κ2) is 7.14. The number of hydrogen-bond donors (Lipinski definition) is 1. The largest absolute Gasteiger partial charge is 0.293 e. The molecular formula is C18H19ClN4OS. The number of nitrogens with zero attached hydrogens (tertiary/aromatic N) is 3. The first-order chi connectivity index (χ1) is 12.2. The minimum absolute atomic E-state index is 0.0122. The second-order valence-electron chi connectivity index (χ2n) is 6.51. The fraction of sp³-hybridized carbons (Fsp3) is 0.389. The number of nitrogens with one attached hydrogen (secondary N) is 1. The van der Waals surface area contributed by atoms with E-state index in [0.29, 0.717) is 23.3 Å². The molecule has 0 aliphatic heterocycles. The highest BCUT2D eigenvalue weighted by molar-refractivity contribution is 7.15. The number of fused-ring (bicyclic) bond motifs is 1. The number of benzene rings is 1. The minimum Gasteiger partial charge on any atom is -0.293 e. The Morgan fingerprint density at radius 1 is 1.24 bits per heavy atom. The highest BCUT2D eigenvalue weighted by atomic mass is 35.5. The van der Waals surface area contributed by atoms with Crippen molar-refractivity contribution in [3.63, 3.8) is 0 Å².